The number of carbonyl (C=O) groups is 1. The fraction of sp³-hybridized carbons (Fsp3) is 0.455. The molecule has 0 saturated carbocycles. The lowest BCUT2D eigenvalue weighted by molar-refractivity contribution is -0.129. The lowest BCUT2D eigenvalue weighted by Crippen LogP contribution is -2.43. The molecule has 2 aromatic carbocycles. The molecular weight excluding hydrogens is 648 g/mol. The van der Waals surface area contributed by atoms with Crippen molar-refractivity contribution in [1.82, 2.24) is 19.8 Å². The van der Waals surface area contributed by atoms with E-state index < -0.39 is 17.7 Å². The van der Waals surface area contributed by atoms with Crippen LogP contribution in [0.1, 0.15) is 38.2 Å². The monoisotopic (exact) mass is 679 g/mol. The Labute approximate surface area is 278 Å². The second-order valence-electron chi connectivity index (χ2n) is 13.2. The molecule has 3 fully saturated rings. The molecule has 1 amide bonds. The van der Waals surface area contributed by atoms with Crippen LogP contribution in [0.15, 0.2) is 12.1 Å². The van der Waals surface area contributed by atoms with Gasteiger partial charge in [0.1, 0.15) is 41.4 Å². The molecule has 14 heteroatoms. The van der Waals surface area contributed by atoms with E-state index in [9.17, 15) is 14.4 Å². The number of thiophene rings is 1. The number of hydrogen-bond acceptors (Lipinski definition) is 10. The predicted octanol–water partition coefficient (Wildman–Crippen LogP) is 5.58. The van der Waals surface area contributed by atoms with Gasteiger partial charge in [-0.2, -0.15) is 15.2 Å². The van der Waals surface area contributed by atoms with E-state index in [4.69, 9.17) is 31.8 Å². The molecule has 244 valence electrons. The van der Waals surface area contributed by atoms with Gasteiger partial charge in [0, 0.05) is 37.6 Å². The van der Waals surface area contributed by atoms with Crippen LogP contribution in [-0.2, 0) is 4.79 Å². The van der Waals surface area contributed by atoms with Crippen molar-refractivity contribution < 1.29 is 23.0 Å². The summed E-state index contributed by atoms with van der Waals surface area (Å²) in [6.07, 6.45) is 3.23. The minimum Gasteiger partial charge on any atom is -0.489 e. The zero-order valence-electron chi connectivity index (χ0n) is 25.9. The van der Waals surface area contributed by atoms with Gasteiger partial charge in [-0.25, -0.2) is 8.78 Å². The number of halogens is 3. The van der Waals surface area contributed by atoms with Gasteiger partial charge in [-0.1, -0.05) is 24.6 Å². The summed E-state index contributed by atoms with van der Waals surface area (Å²) in [4.78, 5) is 28.6. The first-order chi connectivity index (χ1) is 22.6. The predicted molar refractivity (Wildman–Crippen MR) is 176 cm³/mol. The third kappa shape index (κ3) is 4.59. The number of nitrogen functional groups attached to an aromatic ring is 1. The first kappa shape index (κ1) is 30.4. The Hall–Kier alpha value is -3.99. The van der Waals surface area contributed by atoms with E-state index in [-0.39, 0.29) is 83.9 Å². The first-order valence-electron chi connectivity index (χ1n) is 15.7. The average Bonchev–Trinajstić information content (AvgIpc) is 3.62. The molecular formula is C33H32ClF2N7O3S. The normalized spacial score (nSPS) is 24.2. The molecule has 2 N–H and O–H groups in total. The van der Waals surface area contributed by atoms with Gasteiger partial charge < -0.3 is 25.0 Å². The van der Waals surface area contributed by atoms with Crippen LogP contribution in [0.5, 0.6) is 11.8 Å². The zero-order valence-corrected chi connectivity index (χ0v) is 27.5. The molecule has 4 aliphatic heterocycles. The van der Waals surface area contributed by atoms with Crippen molar-refractivity contribution in [2.45, 2.75) is 44.2 Å². The van der Waals surface area contributed by atoms with E-state index >= 15 is 4.39 Å². The van der Waals surface area contributed by atoms with Gasteiger partial charge in [0.2, 0.25) is 5.91 Å². The van der Waals surface area contributed by atoms with E-state index in [1.165, 1.54) is 12.1 Å². The molecule has 0 aliphatic carbocycles. The molecule has 6 heterocycles. The molecule has 4 aliphatic rings. The number of ether oxygens (including phenoxy) is 2. The second-order valence-corrected chi connectivity index (χ2v) is 14.6. The highest BCUT2D eigenvalue weighted by Crippen LogP contribution is 2.51. The summed E-state index contributed by atoms with van der Waals surface area (Å²) >= 11 is 7.95. The van der Waals surface area contributed by atoms with Gasteiger partial charge >= 0.3 is 6.01 Å². The minimum absolute atomic E-state index is 0.0118. The molecule has 0 bridgehead atoms. The average molecular weight is 680 g/mol. The van der Waals surface area contributed by atoms with Gasteiger partial charge in [0.15, 0.2) is 11.6 Å². The molecule has 1 unspecified atom stereocenters. The molecule has 8 rings (SSSR count). The maximum Gasteiger partial charge on any atom is 0.319 e. The molecule has 0 radical (unpaired) electrons. The third-order valence-electron chi connectivity index (χ3n) is 10.3. The molecule has 10 nitrogen and oxygen atoms in total. The van der Waals surface area contributed by atoms with Gasteiger partial charge in [-0.15, -0.1) is 11.3 Å². The van der Waals surface area contributed by atoms with Crippen molar-refractivity contribution in [3.8, 4) is 29.0 Å². The summed E-state index contributed by atoms with van der Waals surface area (Å²) in [7, 11) is 1.75. The first-order valence-corrected chi connectivity index (χ1v) is 16.9. The van der Waals surface area contributed by atoms with Crippen molar-refractivity contribution in [3.63, 3.8) is 0 Å². The Morgan fingerprint density at radius 2 is 2.09 bits per heavy atom. The van der Waals surface area contributed by atoms with Gasteiger partial charge in [0.05, 0.1) is 38.7 Å². The third-order valence-corrected chi connectivity index (χ3v) is 11.6. The Bertz CT molecular complexity index is 2040. The highest BCUT2D eigenvalue weighted by atomic mass is 35.5. The number of rotatable bonds is 4. The summed E-state index contributed by atoms with van der Waals surface area (Å²) in [5.41, 5.74) is 6.03. The van der Waals surface area contributed by atoms with E-state index in [0.717, 1.165) is 43.7 Å². The number of nitrogens with zero attached hydrogens (tertiary/aromatic N) is 6. The van der Waals surface area contributed by atoms with Crippen LogP contribution in [0.3, 0.4) is 0 Å². The number of fused-ring (bicyclic) bond motifs is 4. The summed E-state index contributed by atoms with van der Waals surface area (Å²) in [5.74, 6) is -0.358. The van der Waals surface area contributed by atoms with Crippen LogP contribution in [0.25, 0.3) is 32.1 Å². The number of benzene rings is 2. The van der Waals surface area contributed by atoms with Crippen LogP contribution in [0, 0.1) is 28.9 Å². The van der Waals surface area contributed by atoms with E-state index in [2.05, 4.69) is 16.8 Å². The maximum absolute atomic E-state index is 17.2. The van der Waals surface area contributed by atoms with Gasteiger partial charge in [0.25, 0.3) is 0 Å². The van der Waals surface area contributed by atoms with Crippen molar-refractivity contribution in [2.75, 3.05) is 57.1 Å². The molecule has 47 heavy (non-hydrogen) atoms. The van der Waals surface area contributed by atoms with Crippen LogP contribution < -0.4 is 20.1 Å². The van der Waals surface area contributed by atoms with Crippen LogP contribution >= 0.6 is 22.9 Å². The van der Waals surface area contributed by atoms with Gasteiger partial charge in [-0.05, 0) is 43.4 Å². The van der Waals surface area contributed by atoms with E-state index in [0.29, 0.717) is 31.4 Å². The summed E-state index contributed by atoms with van der Waals surface area (Å²) in [5, 5.41) is 10.4. The highest BCUT2D eigenvalue weighted by molar-refractivity contribution is 7.23. The lowest BCUT2D eigenvalue weighted by Gasteiger charge is -2.31. The van der Waals surface area contributed by atoms with Crippen molar-refractivity contribution >= 4 is 60.7 Å². The second kappa shape index (κ2) is 11.0. The summed E-state index contributed by atoms with van der Waals surface area (Å²) in [6.45, 7) is 5.55. The standard InChI is InChI=1S/C33H32ClF2N7O3S/c1-16-11-33(6-3-7-42(33)13-16)15-46-32-39-27-24-28(45-14-17-10-21(44)41(2)8-9-43(17)31(24)40-32)25(34)23(26(27)36)18-4-5-20(35)29-22(18)19(12-37)30(38)47-29/h4-5,16-17H,3,6-11,13-15,38H2,1-2H3/t16-,17?,33+/m1/s1. The molecule has 4 aromatic rings. The Kier molecular flexibility index (Phi) is 7.13. The quantitative estimate of drug-likeness (QED) is 0.295. The van der Waals surface area contributed by atoms with Crippen LogP contribution in [0.2, 0.25) is 5.02 Å². The summed E-state index contributed by atoms with van der Waals surface area (Å²) < 4.78 is 45.0. The largest absolute Gasteiger partial charge is 0.489 e. The molecule has 0 spiro atoms. The number of carbonyl (C=O) groups excluding carboxylic acids is 1. The Morgan fingerprint density at radius 3 is 2.89 bits per heavy atom. The fourth-order valence-corrected chi connectivity index (χ4v) is 9.33. The van der Waals surface area contributed by atoms with Crippen LogP contribution in [0.4, 0.5) is 19.6 Å². The minimum atomic E-state index is -0.788. The number of nitriles is 1. The Morgan fingerprint density at radius 1 is 1.26 bits per heavy atom. The fourth-order valence-electron chi connectivity index (χ4n) is 8.05. The Balaban J connectivity index is 1.35. The number of amides is 1. The van der Waals surface area contributed by atoms with E-state index in [1.807, 2.05) is 11.0 Å². The molecule has 2 aromatic heterocycles. The number of anilines is 2. The maximum atomic E-state index is 17.2. The smallest absolute Gasteiger partial charge is 0.319 e. The number of aromatic nitrogens is 2. The highest BCUT2D eigenvalue weighted by Gasteiger charge is 2.48. The lowest BCUT2D eigenvalue weighted by atomic mass is 9.92. The summed E-state index contributed by atoms with van der Waals surface area (Å²) in [6, 6.07) is 4.24. The topological polar surface area (TPSA) is 121 Å². The van der Waals surface area contributed by atoms with Crippen LogP contribution in [-0.4, -0.2) is 83.7 Å². The van der Waals surface area contributed by atoms with Crippen molar-refractivity contribution in [3.05, 3.63) is 34.4 Å². The zero-order chi connectivity index (χ0) is 32.8. The molecule has 3 atom stereocenters. The SMILES string of the molecule is C[C@H]1CN2CCC[C@@]2(COc2nc3c4c(c(Cl)c(-c5ccc(F)c6sc(N)c(C#N)c56)c(F)c4n2)OCC2CC(=O)N(C)CCN32)C1. The van der Waals surface area contributed by atoms with Crippen molar-refractivity contribution in [2.24, 2.45) is 5.92 Å². The van der Waals surface area contributed by atoms with Gasteiger partial charge in [-0.3, -0.25) is 9.69 Å². The number of likely N-dealkylation sites (N-methyl/N-ethyl adjacent to an activating group) is 1. The number of nitrogens with two attached hydrogens (primary N) is 1. The van der Waals surface area contributed by atoms with Crippen molar-refractivity contribution in [1.29, 1.82) is 5.26 Å². The molecule has 3 saturated heterocycles. The number of hydrogen-bond donors (Lipinski definition) is 1. The van der Waals surface area contributed by atoms with E-state index in [1.54, 1.807) is 11.9 Å².